The number of rotatable bonds is 8. The molecular weight excluding hydrogens is 467 g/mol. The first-order chi connectivity index (χ1) is 13.2. The van der Waals surface area contributed by atoms with Gasteiger partial charge in [0.05, 0.1) is 13.2 Å². The maximum absolute atomic E-state index is 12.1. The van der Waals surface area contributed by atoms with E-state index in [1.54, 1.807) is 7.05 Å². The van der Waals surface area contributed by atoms with E-state index >= 15 is 0 Å². The summed E-state index contributed by atoms with van der Waals surface area (Å²) < 4.78 is 5.95. The van der Waals surface area contributed by atoms with Gasteiger partial charge in [0.15, 0.2) is 5.96 Å². The summed E-state index contributed by atoms with van der Waals surface area (Å²) in [6, 6.07) is 8.40. The molecule has 3 rings (SSSR count). The fourth-order valence-electron chi connectivity index (χ4n) is 3.37. The van der Waals surface area contributed by atoms with E-state index in [-0.39, 0.29) is 36.4 Å². The predicted octanol–water partition coefficient (Wildman–Crippen LogP) is 3.21. The van der Waals surface area contributed by atoms with Gasteiger partial charge in [-0.15, -0.1) is 24.0 Å². The van der Waals surface area contributed by atoms with Gasteiger partial charge in [-0.25, -0.2) is 0 Å². The summed E-state index contributed by atoms with van der Waals surface area (Å²) in [5.41, 5.74) is 1.09. The number of aliphatic imine (C=N–C) groups is 1. The lowest BCUT2D eigenvalue weighted by atomic mass is 9.95. The molecule has 2 saturated carbocycles. The minimum absolute atomic E-state index is 0. The van der Waals surface area contributed by atoms with Crippen molar-refractivity contribution < 1.29 is 9.53 Å². The van der Waals surface area contributed by atoms with Crippen molar-refractivity contribution in [2.75, 3.05) is 20.2 Å². The lowest BCUT2D eigenvalue weighted by molar-refractivity contribution is -0.120. The third kappa shape index (κ3) is 7.85. The van der Waals surface area contributed by atoms with E-state index in [2.05, 4.69) is 27.0 Å². The summed E-state index contributed by atoms with van der Waals surface area (Å²) in [4.78, 5) is 16.3. The Morgan fingerprint density at radius 2 is 1.86 bits per heavy atom. The van der Waals surface area contributed by atoms with E-state index < -0.39 is 0 Å². The van der Waals surface area contributed by atoms with Crippen molar-refractivity contribution in [3.05, 3.63) is 29.8 Å². The van der Waals surface area contributed by atoms with Gasteiger partial charge < -0.3 is 20.7 Å². The summed E-state index contributed by atoms with van der Waals surface area (Å²) in [5.74, 6) is 2.29. The number of nitrogens with zero attached hydrogens (tertiary/aromatic N) is 1. The number of guanidine groups is 1. The zero-order valence-electron chi connectivity index (χ0n) is 16.7. The summed E-state index contributed by atoms with van der Waals surface area (Å²) >= 11 is 0. The average Bonchev–Trinajstić information content (AvgIpc) is 3.52. The minimum Gasteiger partial charge on any atom is -0.493 e. The highest BCUT2D eigenvalue weighted by Gasteiger charge is 2.22. The van der Waals surface area contributed by atoms with Crippen molar-refractivity contribution in [1.82, 2.24) is 16.0 Å². The molecule has 1 amide bonds. The monoisotopic (exact) mass is 500 g/mol. The van der Waals surface area contributed by atoms with Gasteiger partial charge in [-0.2, -0.15) is 0 Å². The molecule has 0 radical (unpaired) electrons. The van der Waals surface area contributed by atoms with Crippen molar-refractivity contribution in [3.63, 3.8) is 0 Å². The number of halogens is 1. The Morgan fingerprint density at radius 1 is 1.11 bits per heavy atom. The van der Waals surface area contributed by atoms with Crippen LogP contribution in [-0.2, 0) is 11.3 Å². The largest absolute Gasteiger partial charge is 0.493 e. The topological polar surface area (TPSA) is 74.8 Å². The van der Waals surface area contributed by atoms with Crippen molar-refractivity contribution in [1.29, 1.82) is 0 Å². The number of ether oxygens (including phenoxy) is 1. The molecule has 0 bridgehead atoms. The molecule has 0 aromatic heterocycles. The number of carbonyl (C=O) groups excluding carboxylic acids is 1. The molecular formula is C21H33IN4O2. The first kappa shape index (κ1) is 22.8. The highest BCUT2D eigenvalue weighted by atomic mass is 127. The van der Waals surface area contributed by atoms with Crippen LogP contribution < -0.4 is 20.7 Å². The molecule has 0 heterocycles. The summed E-state index contributed by atoms with van der Waals surface area (Å²) in [5, 5.41) is 9.47. The van der Waals surface area contributed by atoms with E-state index in [9.17, 15) is 4.79 Å². The van der Waals surface area contributed by atoms with Crippen LogP contribution in [0.4, 0.5) is 0 Å². The predicted molar refractivity (Wildman–Crippen MR) is 123 cm³/mol. The fraction of sp³-hybridized carbons (Fsp3) is 0.619. The highest BCUT2D eigenvalue weighted by molar-refractivity contribution is 14.0. The van der Waals surface area contributed by atoms with Gasteiger partial charge in [-0.05, 0) is 37.7 Å². The summed E-state index contributed by atoms with van der Waals surface area (Å²) in [6.07, 6.45) is 8.45. The van der Waals surface area contributed by atoms with Crippen LogP contribution in [0, 0.1) is 5.92 Å². The fourth-order valence-corrected chi connectivity index (χ4v) is 3.37. The molecule has 0 saturated heterocycles. The molecule has 0 spiro atoms. The molecule has 156 valence electrons. The molecule has 0 aliphatic heterocycles. The molecule has 3 N–H and O–H groups in total. The van der Waals surface area contributed by atoms with Crippen LogP contribution in [0.25, 0.3) is 0 Å². The minimum atomic E-state index is 0. The van der Waals surface area contributed by atoms with Gasteiger partial charge in [-0.1, -0.05) is 37.5 Å². The molecule has 2 aliphatic carbocycles. The SMILES string of the molecule is CN=C(NCC(=O)NC1CCCCC1)NCc1ccccc1OCC1CC1.I. The number of benzene rings is 1. The second-order valence-corrected chi connectivity index (χ2v) is 7.54. The average molecular weight is 500 g/mol. The van der Waals surface area contributed by atoms with Crippen molar-refractivity contribution >= 4 is 35.8 Å². The van der Waals surface area contributed by atoms with E-state index in [1.807, 2.05) is 18.2 Å². The van der Waals surface area contributed by atoms with Gasteiger partial charge in [0.2, 0.25) is 5.91 Å². The Bertz CT molecular complexity index is 643. The third-order valence-electron chi connectivity index (χ3n) is 5.20. The third-order valence-corrected chi connectivity index (χ3v) is 5.20. The Kier molecular flexibility index (Phi) is 9.87. The zero-order chi connectivity index (χ0) is 18.9. The Balaban J connectivity index is 0.00000280. The Hall–Kier alpha value is -1.51. The molecule has 6 nitrogen and oxygen atoms in total. The molecule has 7 heteroatoms. The van der Waals surface area contributed by atoms with Gasteiger partial charge in [0.25, 0.3) is 0 Å². The van der Waals surface area contributed by atoms with E-state index in [4.69, 9.17) is 4.74 Å². The molecule has 2 aliphatic rings. The van der Waals surface area contributed by atoms with Crippen LogP contribution in [-0.4, -0.2) is 38.1 Å². The summed E-state index contributed by atoms with van der Waals surface area (Å²) in [6.45, 7) is 1.63. The van der Waals surface area contributed by atoms with Gasteiger partial charge in [-0.3, -0.25) is 9.79 Å². The molecule has 28 heavy (non-hydrogen) atoms. The first-order valence-corrected chi connectivity index (χ1v) is 10.2. The number of amides is 1. The highest BCUT2D eigenvalue weighted by Crippen LogP contribution is 2.30. The van der Waals surface area contributed by atoms with Crippen molar-refractivity contribution in [2.24, 2.45) is 10.9 Å². The smallest absolute Gasteiger partial charge is 0.239 e. The van der Waals surface area contributed by atoms with Crippen LogP contribution in [0.3, 0.4) is 0 Å². The summed E-state index contributed by atoms with van der Waals surface area (Å²) in [7, 11) is 1.71. The molecule has 0 atom stereocenters. The van der Waals surface area contributed by atoms with Crippen LogP contribution in [0.15, 0.2) is 29.3 Å². The standard InChI is InChI=1S/C21H32N4O2.HI/c1-22-21(24-14-20(26)25-18-8-3-2-4-9-18)23-13-17-7-5-6-10-19(17)27-15-16-11-12-16;/h5-7,10,16,18H,2-4,8-9,11-15H2,1H3,(H,25,26)(H2,22,23,24);1H. The van der Waals surface area contributed by atoms with Crippen molar-refractivity contribution in [3.8, 4) is 5.75 Å². The second kappa shape index (κ2) is 12.1. The Labute approximate surface area is 185 Å². The number of hydrogen-bond acceptors (Lipinski definition) is 3. The van der Waals surface area contributed by atoms with E-state index in [0.29, 0.717) is 18.5 Å². The number of nitrogens with one attached hydrogen (secondary N) is 3. The molecule has 1 aromatic carbocycles. The molecule has 1 aromatic rings. The molecule has 2 fully saturated rings. The zero-order valence-corrected chi connectivity index (χ0v) is 19.0. The van der Waals surface area contributed by atoms with Gasteiger partial charge in [0, 0.05) is 25.2 Å². The lowest BCUT2D eigenvalue weighted by Gasteiger charge is -2.23. The second-order valence-electron chi connectivity index (χ2n) is 7.54. The maximum atomic E-state index is 12.1. The maximum Gasteiger partial charge on any atom is 0.239 e. The first-order valence-electron chi connectivity index (χ1n) is 10.2. The lowest BCUT2D eigenvalue weighted by Crippen LogP contribution is -2.45. The van der Waals surface area contributed by atoms with Gasteiger partial charge in [0.1, 0.15) is 5.75 Å². The van der Waals surface area contributed by atoms with Crippen LogP contribution in [0.2, 0.25) is 0 Å². The number of hydrogen-bond donors (Lipinski definition) is 3. The van der Waals surface area contributed by atoms with E-state index in [1.165, 1.54) is 32.1 Å². The van der Waals surface area contributed by atoms with Crippen LogP contribution in [0.5, 0.6) is 5.75 Å². The number of carbonyl (C=O) groups is 1. The normalized spacial score (nSPS) is 17.4. The number of para-hydroxylation sites is 1. The Morgan fingerprint density at radius 3 is 2.57 bits per heavy atom. The van der Waals surface area contributed by atoms with Gasteiger partial charge >= 0.3 is 0 Å². The van der Waals surface area contributed by atoms with Crippen LogP contribution >= 0.6 is 24.0 Å². The van der Waals surface area contributed by atoms with Crippen molar-refractivity contribution in [2.45, 2.75) is 57.5 Å². The van der Waals surface area contributed by atoms with E-state index in [0.717, 1.165) is 36.7 Å². The van der Waals surface area contributed by atoms with Crippen LogP contribution in [0.1, 0.15) is 50.5 Å². The quantitative estimate of drug-likeness (QED) is 0.291. The molecule has 0 unspecified atom stereocenters.